The molecule has 1 saturated heterocycles. The van der Waals surface area contributed by atoms with Crippen molar-refractivity contribution in [3.63, 3.8) is 0 Å². The Bertz CT molecular complexity index is 360. The number of ether oxygens (including phenoxy) is 1. The van der Waals surface area contributed by atoms with Gasteiger partial charge in [-0.15, -0.1) is 0 Å². The van der Waals surface area contributed by atoms with Gasteiger partial charge in [0.1, 0.15) is 5.60 Å². The Hall–Kier alpha value is -0.940. The average molecular weight is 239 g/mol. The molecular weight excluding hydrogens is 218 g/mol. The summed E-state index contributed by atoms with van der Waals surface area (Å²) in [6.07, 6.45) is 2.99. The van der Waals surface area contributed by atoms with Gasteiger partial charge < -0.3 is 14.6 Å². The zero-order valence-electron chi connectivity index (χ0n) is 11.0. The number of nitrogens with zero attached hydrogens (tertiary/aromatic N) is 2. The van der Waals surface area contributed by atoms with Gasteiger partial charge in [0.15, 0.2) is 0 Å². The quantitative estimate of drug-likeness (QED) is 0.870. The first kappa shape index (κ1) is 12.5. The minimum Gasteiger partial charge on any atom is -0.370 e. The van der Waals surface area contributed by atoms with E-state index >= 15 is 0 Å². The van der Waals surface area contributed by atoms with Crippen molar-refractivity contribution in [3.05, 3.63) is 11.7 Å². The van der Waals surface area contributed by atoms with Crippen LogP contribution < -0.4 is 5.32 Å². The van der Waals surface area contributed by atoms with Crippen molar-refractivity contribution in [3.8, 4) is 0 Å². The maximum atomic E-state index is 5.48. The molecule has 0 amide bonds. The highest BCUT2D eigenvalue weighted by Gasteiger charge is 2.38. The van der Waals surface area contributed by atoms with Crippen molar-refractivity contribution in [2.45, 2.75) is 51.2 Å². The van der Waals surface area contributed by atoms with Crippen LogP contribution in [-0.2, 0) is 15.9 Å². The van der Waals surface area contributed by atoms with E-state index in [1.165, 1.54) is 0 Å². The topological polar surface area (TPSA) is 60.2 Å². The number of aromatic nitrogens is 2. The van der Waals surface area contributed by atoms with E-state index in [1.54, 1.807) is 7.11 Å². The highest BCUT2D eigenvalue weighted by molar-refractivity contribution is 5.07. The van der Waals surface area contributed by atoms with Crippen molar-refractivity contribution < 1.29 is 9.26 Å². The van der Waals surface area contributed by atoms with Crippen LogP contribution in [-0.4, -0.2) is 23.8 Å². The van der Waals surface area contributed by atoms with E-state index in [1.807, 2.05) is 6.92 Å². The number of hydrogen-bond donors (Lipinski definition) is 1. The lowest BCUT2D eigenvalue weighted by Crippen LogP contribution is -2.34. The van der Waals surface area contributed by atoms with E-state index in [4.69, 9.17) is 9.26 Å². The molecule has 1 aromatic rings. The van der Waals surface area contributed by atoms with Crippen molar-refractivity contribution >= 4 is 0 Å². The molecular formula is C12H21N3O2. The number of nitrogens with one attached hydrogen (secondary N) is 1. The summed E-state index contributed by atoms with van der Waals surface area (Å²) in [5, 5.41) is 7.48. The summed E-state index contributed by atoms with van der Waals surface area (Å²) in [6, 6.07) is 0. The third-order valence-corrected chi connectivity index (χ3v) is 3.86. The molecule has 0 spiro atoms. The highest BCUT2D eigenvalue weighted by atomic mass is 16.5. The molecule has 2 rings (SSSR count). The molecule has 2 unspecified atom stereocenters. The Balaban J connectivity index is 2.27. The van der Waals surface area contributed by atoms with E-state index in [0.29, 0.717) is 11.7 Å². The molecule has 0 bridgehead atoms. The first-order chi connectivity index (χ1) is 8.04. The molecule has 5 nitrogen and oxygen atoms in total. The van der Waals surface area contributed by atoms with Crippen LogP contribution in [0.4, 0.5) is 0 Å². The zero-order chi connectivity index (χ0) is 12.5. The van der Waals surface area contributed by atoms with Crippen molar-refractivity contribution in [1.29, 1.82) is 0 Å². The number of methoxy groups -OCH3 is 1. The lowest BCUT2D eigenvalue weighted by molar-refractivity contribution is -0.0106. The highest BCUT2D eigenvalue weighted by Crippen LogP contribution is 2.32. The fourth-order valence-electron chi connectivity index (χ4n) is 2.13. The summed E-state index contributed by atoms with van der Waals surface area (Å²) >= 11 is 0. The van der Waals surface area contributed by atoms with Crippen LogP contribution in [0.15, 0.2) is 4.52 Å². The molecule has 1 fully saturated rings. The van der Waals surface area contributed by atoms with Gasteiger partial charge in [0.25, 0.3) is 0 Å². The summed E-state index contributed by atoms with van der Waals surface area (Å²) in [5.41, 5.74) is -0.635. The van der Waals surface area contributed by atoms with Crippen LogP contribution in [0, 0.1) is 0 Å². The van der Waals surface area contributed by atoms with Gasteiger partial charge in [-0.05, 0) is 39.7 Å². The van der Waals surface area contributed by atoms with E-state index in [0.717, 1.165) is 25.8 Å². The second kappa shape index (κ2) is 4.38. The smallest absolute Gasteiger partial charge is 0.246 e. The van der Waals surface area contributed by atoms with Gasteiger partial charge in [0.05, 0.1) is 5.54 Å². The molecule has 96 valence electrons. The molecule has 2 atom stereocenters. The van der Waals surface area contributed by atoms with Gasteiger partial charge >= 0.3 is 0 Å². The summed E-state index contributed by atoms with van der Waals surface area (Å²) < 4.78 is 10.9. The lowest BCUT2D eigenvalue weighted by Gasteiger charge is -2.22. The molecule has 1 aliphatic heterocycles. The summed E-state index contributed by atoms with van der Waals surface area (Å²) in [7, 11) is 1.68. The van der Waals surface area contributed by atoms with Crippen LogP contribution in [0.1, 0.15) is 51.7 Å². The first-order valence-electron chi connectivity index (χ1n) is 6.19. The van der Waals surface area contributed by atoms with E-state index < -0.39 is 5.60 Å². The van der Waals surface area contributed by atoms with Gasteiger partial charge in [0, 0.05) is 7.11 Å². The van der Waals surface area contributed by atoms with Gasteiger partial charge in [-0.2, -0.15) is 4.98 Å². The SMILES string of the molecule is CCC(C)(OC)c1noc(C2(C)CCCN2)n1. The minimum atomic E-state index is -0.462. The molecule has 0 saturated carbocycles. The molecule has 5 heteroatoms. The molecule has 17 heavy (non-hydrogen) atoms. The Kier molecular flexibility index (Phi) is 3.23. The van der Waals surface area contributed by atoms with E-state index in [-0.39, 0.29) is 5.54 Å². The summed E-state index contributed by atoms with van der Waals surface area (Å²) in [6.45, 7) is 7.14. The van der Waals surface area contributed by atoms with Crippen molar-refractivity contribution in [2.24, 2.45) is 0 Å². The molecule has 2 heterocycles. The second-order valence-electron chi connectivity index (χ2n) is 5.07. The molecule has 0 aliphatic carbocycles. The van der Waals surface area contributed by atoms with Gasteiger partial charge in [0.2, 0.25) is 11.7 Å². The maximum absolute atomic E-state index is 5.48. The monoisotopic (exact) mass is 239 g/mol. The van der Waals surface area contributed by atoms with Crippen LogP contribution in [0.5, 0.6) is 0 Å². The number of rotatable bonds is 4. The first-order valence-corrected chi connectivity index (χ1v) is 6.19. The normalized spacial score (nSPS) is 28.2. The third kappa shape index (κ3) is 2.09. The Morgan fingerprint density at radius 1 is 1.59 bits per heavy atom. The molecule has 1 N–H and O–H groups in total. The molecule has 0 aromatic carbocycles. The predicted octanol–water partition coefficient (Wildman–Crippen LogP) is 1.94. The molecule has 1 aliphatic rings. The fraction of sp³-hybridized carbons (Fsp3) is 0.833. The number of hydrogen-bond acceptors (Lipinski definition) is 5. The Morgan fingerprint density at radius 3 is 2.88 bits per heavy atom. The van der Waals surface area contributed by atoms with Crippen LogP contribution in [0.3, 0.4) is 0 Å². The van der Waals surface area contributed by atoms with Gasteiger partial charge in [-0.1, -0.05) is 12.1 Å². The summed E-state index contributed by atoms with van der Waals surface area (Å²) in [5.74, 6) is 1.30. The minimum absolute atomic E-state index is 0.173. The average Bonchev–Trinajstić information content (AvgIpc) is 2.97. The van der Waals surface area contributed by atoms with Crippen LogP contribution >= 0.6 is 0 Å². The van der Waals surface area contributed by atoms with Crippen LogP contribution in [0.25, 0.3) is 0 Å². The molecule has 1 aromatic heterocycles. The largest absolute Gasteiger partial charge is 0.370 e. The van der Waals surface area contributed by atoms with Crippen LogP contribution in [0.2, 0.25) is 0 Å². The van der Waals surface area contributed by atoms with E-state index in [9.17, 15) is 0 Å². The Labute approximate surface area is 102 Å². The fourth-order valence-corrected chi connectivity index (χ4v) is 2.13. The third-order valence-electron chi connectivity index (χ3n) is 3.86. The zero-order valence-corrected chi connectivity index (χ0v) is 11.0. The Morgan fingerprint density at radius 2 is 2.35 bits per heavy atom. The summed E-state index contributed by atoms with van der Waals surface area (Å²) in [4.78, 5) is 4.51. The second-order valence-corrected chi connectivity index (χ2v) is 5.07. The van der Waals surface area contributed by atoms with Crippen molar-refractivity contribution in [2.75, 3.05) is 13.7 Å². The van der Waals surface area contributed by atoms with Gasteiger partial charge in [-0.25, -0.2) is 0 Å². The van der Waals surface area contributed by atoms with E-state index in [2.05, 4.69) is 29.3 Å². The van der Waals surface area contributed by atoms with Crippen molar-refractivity contribution in [1.82, 2.24) is 15.5 Å². The molecule has 0 radical (unpaired) electrons. The maximum Gasteiger partial charge on any atom is 0.246 e. The predicted molar refractivity (Wildman–Crippen MR) is 63.5 cm³/mol. The lowest BCUT2D eigenvalue weighted by atomic mass is 10.00. The van der Waals surface area contributed by atoms with Gasteiger partial charge in [-0.3, -0.25) is 0 Å². The standard InChI is InChI=1S/C12H21N3O2/c1-5-12(3,16-4)9-14-10(17-15-9)11(2)7-6-8-13-11/h13H,5-8H2,1-4H3.